The van der Waals surface area contributed by atoms with Gasteiger partial charge in [0, 0.05) is 12.6 Å². The van der Waals surface area contributed by atoms with Crippen molar-refractivity contribution in [1.82, 2.24) is 4.90 Å². The number of hydrogen-bond acceptors (Lipinski definition) is 5. The predicted octanol–water partition coefficient (Wildman–Crippen LogP) is 4.58. The molecule has 1 unspecified atom stereocenters. The van der Waals surface area contributed by atoms with E-state index in [4.69, 9.17) is 4.74 Å². The summed E-state index contributed by atoms with van der Waals surface area (Å²) in [4.78, 5) is 25.1. The zero-order chi connectivity index (χ0) is 21.7. The molecule has 0 aliphatic carbocycles. The zero-order valence-corrected chi connectivity index (χ0v) is 16.2. The van der Waals surface area contributed by atoms with Gasteiger partial charge < -0.3 is 14.4 Å². The van der Waals surface area contributed by atoms with E-state index in [0.717, 1.165) is 24.5 Å². The van der Waals surface area contributed by atoms with Gasteiger partial charge in [0.25, 0.3) is 5.69 Å². The van der Waals surface area contributed by atoms with Crippen LogP contribution in [0.5, 0.6) is 11.5 Å². The first-order chi connectivity index (χ1) is 14.4. The normalized spacial score (nSPS) is 16.3. The average Bonchev–Trinajstić information content (AvgIpc) is 3.22. The van der Waals surface area contributed by atoms with Crippen molar-refractivity contribution in [3.63, 3.8) is 0 Å². The number of methoxy groups -OCH3 is 1. The smallest absolute Gasteiger partial charge is 0.387 e. The number of rotatable bonds is 7. The average molecular weight is 418 g/mol. The quantitative estimate of drug-likeness (QED) is 0.373. The Bertz CT molecular complexity index is 950. The fourth-order valence-corrected chi connectivity index (χ4v) is 3.51. The van der Waals surface area contributed by atoms with Gasteiger partial charge in [-0.3, -0.25) is 14.9 Å². The molecule has 0 bridgehead atoms. The maximum absolute atomic E-state index is 12.8. The highest BCUT2D eigenvalue weighted by Crippen LogP contribution is 2.37. The van der Waals surface area contributed by atoms with Gasteiger partial charge in [-0.2, -0.15) is 8.78 Å². The molecule has 0 saturated carbocycles. The Balaban J connectivity index is 1.87. The van der Waals surface area contributed by atoms with Crippen LogP contribution in [0.4, 0.5) is 14.5 Å². The second kappa shape index (κ2) is 9.34. The lowest BCUT2D eigenvalue weighted by Gasteiger charge is -2.23. The maximum Gasteiger partial charge on any atom is 0.387 e. The van der Waals surface area contributed by atoms with Gasteiger partial charge in [-0.25, -0.2) is 0 Å². The number of nitro groups is 1. The second-order valence-corrected chi connectivity index (χ2v) is 6.63. The molecule has 0 N–H and O–H groups in total. The van der Waals surface area contributed by atoms with Crippen molar-refractivity contribution in [3.8, 4) is 11.5 Å². The number of nitro benzene ring substituents is 1. The van der Waals surface area contributed by atoms with Gasteiger partial charge in [0.1, 0.15) is 0 Å². The lowest BCUT2D eigenvalue weighted by molar-refractivity contribution is -0.385. The minimum Gasteiger partial charge on any atom is -0.493 e. The fourth-order valence-electron chi connectivity index (χ4n) is 3.51. The Morgan fingerprint density at radius 3 is 2.63 bits per heavy atom. The second-order valence-electron chi connectivity index (χ2n) is 6.63. The summed E-state index contributed by atoms with van der Waals surface area (Å²) in [5.74, 6) is -0.842. The molecule has 3 rings (SSSR count). The molecule has 0 aromatic heterocycles. The topological polar surface area (TPSA) is 81.9 Å². The Labute approximate surface area is 171 Å². The third-order valence-electron chi connectivity index (χ3n) is 4.85. The van der Waals surface area contributed by atoms with E-state index in [0.29, 0.717) is 6.54 Å². The third-order valence-corrected chi connectivity index (χ3v) is 4.85. The molecular weight excluding hydrogens is 398 g/mol. The largest absolute Gasteiger partial charge is 0.493 e. The Morgan fingerprint density at radius 1 is 1.27 bits per heavy atom. The van der Waals surface area contributed by atoms with Crippen LogP contribution >= 0.6 is 0 Å². The first kappa shape index (κ1) is 21.2. The molecule has 1 heterocycles. The summed E-state index contributed by atoms with van der Waals surface area (Å²) in [6.45, 7) is -2.58. The molecule has 9 heteroatoms. The molecule has 1 amide bonds. The number of halogens is 2. The van der Waals surface area contributed by atoms with Gasteiger partial charge in [0.05, 0.1) is 29.7 Å². The summed E-state index contributed by atoms with van der Waals surface area (Å²) in [5.41, 5.74) is 0.594. The number of ether oxygens (including phenoxy) is 2. The monoisotopic (exact) mass is 418 g/mol. The SMILES string of the molecule is COc1cc(C=CC(=O)N2CCCC2c2ccccc2)c([N+](=O)[O-])cc1OC(F)F. The highest BCUT2D eigenvalue weighted by Gasteiger charge is 2.29. The minimum atomic E-state index is -3.16. The molecule has 7 nitrogen and oxygen atoms in total. The van der Waals surface area contributed by atoms with Gasteiger partial charge in [0.2, 0.25) is 5.91 Å². The van der Waals surface area contributed by atoms with Crippen LogP contribution in [0, 0.1) is 10.1 Å². The van der Waals surface area contributed by atoms with Crippen LogP contribution in [-0.4, -0.2) is 36.0 Å². The van der Waals surface area contributed by atoms with Crippen molar-refractivity contribution in [2.45, 2.75) is 25.5 Å². The molecule has 2 aromatic carbocycles. The molecule has 1 aliphatic rings. The van der Waals surface area contributed by atoms with Crippen LogP contribution < -0.4 is 9.47 Å². The number of carbonyl (C=O) groups is 1. The van der Waals surface area contributed by atoms with Crippen LogP contribution in [0.1, 0.15) is 30.0 Å². The van der Waals surface area contributed by atoms with Gasteiger partial charge in [-0.05, 0) is 30.5 Å². The van der Waals surface area contributed by atoms with E-state index in [9.17, 15) is 23.7 Å². The number of benzene rings is 2. The Morgan fingerprint density at radius 2 is 2.00 bits per heavy atom. The summed E-state index contributed by atoms with van der Waals surface area (Å²) in [5, 5.41) is 11.4. The van der Waals surface area contributed by atoms with Crippen molar-refractivity contribution in [3.05, 3.63) is 69.8 Å². The van der Waals surface area contributed by atoms with E-state index < -0.39 is 23.0 Å². The Kier molecular flexibility index (Phi) is 6.61. The van der Waals surface area contributed by atoms with Gasteiger partial charge in [0.15, 0.2) is 11.5 Å². The minimum absolute atomic E-state index is 0.0438. The lowest BCUT2D eigenvalue weighted by Crippen LogP contribution is -2.28. The van der Waals surface area contributed by atoms with Crippen molar-refractivity contribution in [1.29, 1.82) is 0 Å². The number of alkyl halides is 2. The van der Waals surface area contributed by atoms with Crippen molar-refractivity contribution in [2.24, 2.45) is 0 Å². The first-order valence-electron chi connectivity index (χ1n) is 9.25. The van der Waals surface area contributed by atoms with E-state index in [-0.39, 0.29) is 23.3 Å². The summed E-state index contributed by atoms with van der Waals surface area (Å²) in [7, 11) is 1.23. The molecule has 158 valence electrons. The molecule has 2 aromatic rings. The summed E-state index contributed by atoms with van der Waals surface area (Å²) < 4.78 is 34.4. The van der Waals surface area contributed by atoms with E-state index in [2.05, 4.69) is 4.74 Å². The molecule has 30 heavy (non-hydrogen) atoms. The molecule has 1 atom stereocenters. The lowest BCUT2D eigenvalue weighted by atomic mass is 10.0. The molecule has 1 aliphatic heterocycles. The Hall–Kier alpha value is -3.49. The van der Waals surface area contributed by atoms with Crippen molar-refractivity contribution < 1.29 is 28.0 Å². The van der Waals surface area contributed by atoms with Crippen LogP contribution in [0.15, 0.2) is 48.5 Å². The van der Waals surface area contributed by atoms with Gasteiger partial charge >= 0.3 is 6.61 Å². The van der Waals surface area contributed by atoms with E-state index >= 15 is 0 Å². The first-order valence-corrected chi connectivity index (χ1v) is 9.25. The van der Waals surface area contributed by atoms with E-state index in [1.807, 2.05) is 30.3 Å². The number of carbonyl (C=O) groups excluding carboxylic acids is 1. The molecule has 1 fully saturated rings. The van der Waals surface area contributed by atoms with E-state index in [1.165, 1.54) is 25.3 Å². The highest BCUT2D eigenvalue weighted by atomic mass is 19.3. The number of amides is 1. The van der Waals surface area contributed by atoms with Gasteiger partial charge in [-0.15, -0.1) is 0 Å². The summed E-state index contributed by atoms with van der Waals surface area (Å²) >= 11 is 0. The molecule has 0 radical (unpaired) electrons. The van der Waals surface area contributed by atoms with Crippen LogP contribution in [0.2, 0.25) is 0 Å². The number of likely N-dealkylation sites (tertiary alicyclic amines) is 1. The summed E-state index contributed by atoms with van der Waals surface area (Å²) in [6, 6.07) is 11.6. The predicted molar refractivity (Wildman–Crippen MR) is 105 cm³/mol. The van der Waals surface area contributed by atoms with Gasteiger partial charge in [-0.1, -0.05) is 30.3 Å². The van der Waals surface area contributed by atoms with Crippen molar-refractivity contribution >= 4 is 17.7 Å². The molecule has 1 saturated heterocycles. The number of hydrogen-bond donors (Lipinski definition) is 0. The number of nitrogens with zero attached hydrogens (tertiary/aromatic N) is 2. The van der Waals surface area contributed by atoms with Crippen LogP contribution in [0.3, 0.4) is 0 Å². The van der Waals surface area contributed by atoms with E-state index in [1.54, 1.807) is 4.90 Å². The highest BCUT2D eigenvalue weighted by molar-refractivity contribution is 5.93. The fraction of sp³-hybridized carbons (Fsp3) is 0.286. The van der Waals surface area contributed by atoms with Crippen molar-refractivity contribution in [2.75, 3.05) is 13.7 Å². The third kappa shape index (κ3) is 4.73. The van der Waals surface area contributed by atoms with Crippen LogP contribution in [0.25, 0.3) is 6.08 Å². The summed E-state index contributed by atoms with van der Waals surface area (Å²) in [6.07, 6.45) is 4.22. The maximum atomic E-state index is 12.8. The molecule has 0 spiro atoms. The molecular formula is C21H20F2N2O5. The zero-order valence-electron chi connectivity index (χ0n) is 16.2. The van der Waals surface area contributed by atoms with Crippen LogP contribution in [-0.2, 0) is 4.79 Å². The standard InChI is InChI=1S/C21H20F2N2O5/c1-29-18-12-15(17(25(27)28)13-19(18)30-21(22)23)9-10-20(26)24-11-5-8-16(24)14-6-3-2-4-7-14/h2-4,6-7,9-10,12-13,16,21H,5,8,11H2,1H3.